The zero-order valence-corrected chi connectivity index (χ0v) is 15.1. The summed E-state index contributed by atoms with van der Waals surface area (Å²) in [7, 11) is 3.52. The lowest BCUT2D eigenvalue weighted by molar-refractivity contribution is -0.127. The minimum absolute atomic E-state index is 0.0825. The number of anilines is 2. The normalized spacial score (nSPS) is 10.4. The van der Waals surface area contributed by atoms with Crippen molar-refractivity contribution in [1.29, 1.82) is 0 Å². The lowest BCUT2D eigenvalue weighted by Crippen LogP contribution is -2.23. The SMILES string of the molecule is Cc1cc(Nc2ccc(CC(=O)N(C)C)cc2)nc(-c2ccncc2)n1. The average molecular weight is 347 g/mol. The minimum Gasteiger partial charge on any atom is -0.349 e. The van der Waals surface area contributed by atoms with E-state index in [0.717, 1.165) is 28.3 Å². The molecule has 0 bridgehead atoms. The molecule has 0 spiro atoms. The predicted octanol–water partition coefficient (Wildman–Crippen LogP) is 3.22. The zero-order valence-electron chi connectivity index (χ0n) is 15.1. The Labute approximate surface area is 153 Å². The number of benzene rings is 1. The van der Waals surface area contributed by atoms with Crippen molar-refractivity contribution in [3.63, 3.8) is 0 Å². The molecule has 0 aliphatic carbocycles. The molecule has 3 rings (SSSR count). The van der Waals surface area contributed by atoms with E-state index in [1.54, 1.807) is 31.4 Å². The fourth-order valence-electron chi connectivity index (χ4n) is 2.45. The van der Waals surface area contributed by atoms with Gasteiger partial charge in [0.1, 0.15) is 5.82 Å². The summed E-state index contributed by atoms with van der Waals surface area (Å²) in [4.78, 5) is 26.5. The Balaban J connectivity index is 1.77. The van der Waals surface area contributed by atoms with Gasteiger partial charge in [0, 0.05) is 49.5 Å². The van der Waals surface area contributed by atoms with Crippen LogP contribution in [0.3, 0.4) is 0 Å². The molecule has 0 aliphatic rings. The van der Waals surface area contributed by atoms with Crippen LogP contribution in [0.5, 0.6) is 0 Å². The topological polar surface area (TPSA) is 71.0 Å². The summed E-state index contributed by atoms with van der Waals surface area (Å²) in [5.74, 6) is 1.46. The lowest BCUT2D eigenvalue weighted by Gasteiger charge is -2.11. The Kier molecular flexibility index (Phi) is 5.22. The average Bonchev–Trinajstić information content (AvgIpc) is 2.63. The zero-order chi connectivity index (χ0) is 18.5. The molecule has 0 radical (unpaired) electrons. The maximum absolute atomic E-state index is 11.8. The smallest absolute Gasteiger partial charge is 0.226 e. The van der Waals surface area contributed by atoms with Gasteiger partial charge in [-0.15, -0.1) is 0 Å². The molecule has 0 saturated heterocycles. The highest BCUT2D eigenvalue weighted by atomic mass is 16.2. The van der Waals surface area contributed by atoms with Crippen molar-refractivity contribution in [2.45, 2.75) is 13.3 Å². The first-order chi connectivity index (χ1) is 12.5. The third-order valence-corrected chi connectivity index (χ3v) is 3.87. The molecule has 0 fully saturated rings. The van der Waals surface area contributed by atoms with Gasteiger partial charge in [0.05, 0.1) is 6.42 Å². The van der Waals surface area contributed by atoms with Gasteiger partial charge in [-0.3, -0.25) is 9.78 Å². The van der Waals surface area contributed by atoms with Crippen LogP contribution in [0.2, 0.25) is 0 Å². The Hall–Kier alpha value is -3.28. The molecule has 3 aromatic rings. The second-order valence-corrected chi connectivity index (χ2v) is 6.24. The second-order valence-electron chi connectivity index (χ2n) is 6.24. The molecule has 26 heavy (non-hydrogen) atoms. The number of nitrogens with one attached hydrogen (secondary N) is 1. The van der Waals surface area contributed by atoms with Crippen molar-refractivity contribution in [2.24, 2.45) is 0 Å². The molecule has 1 N–H and O–H groups in total. The number of carbonyl (C=O) groups is 1. The molecule has 1 amide bonds. The van der Waals surface area contributed by atoms with Crippen molar-refractivity contribution in [3.05, 3.63) is 66.1 Å². The third-order valence-electron chi connectivity index (χ3n) is 3.87. The summed E-state index contributed by atoms with van der Waals surface area (Å²) in [6, 6.07) is 13.4. The van der Waals surface area contributed by atoms with Gasteiger partial charge in [-0.2, -0.15) is 0 Å². The molecule has 2 heterocycles. The number of aromatic nitrogens is 3. The van der Waals surface area contributed by atoms with Crippen LogP contribution in [0, 0.1) is 6.92 Å². The van der Waals surface area contributed by atoms with E-state index in [0.29, 0.717) is 12.2 Å². The van der Waals surface area contributed by atoms with Crippen molar-refractivity contribution in [1.82, 2.24) is 19.9 Å². The quantitative estimate of drug-likeness (QED) is 0.767. The van der Waals surface area contributed by atoms with Crippen LogP contribution >= 0.6 is 0 Å². The van der Waals surface area contributed by atoms with Crippen LogP contribution in [-0.4, -0.2) is 39.9 Å². The van der Waals surface area contributed by atoms with E-state index in [4.69, 9.17) is 0 Å². The number of aryl methyl sites for hydroxylation is 1. The van der Waals surface area contributed by atoms with E-state index < -0.39 is 0 Å². The fourth-order valence-corrected chi connectivity index (χ4v) is 2.45. The molecule has 132 valence electrons. The van der Waals surface area contributed by atoms with Gasteiger partial charge in [-0.25, -0.2) is 9.97 Å². The van der Waals surface area contributed by atoms with E-state index in [9.17, 15) is 4.79 Å². The second kappa shape index (κ2) is 7.74. The Bertz CT molecular complexity index is 892. The van der Waals surface area contributed by atoms with Crippen LogP contribution in [0.15, 0.2) is 54.9 Å². The molecule has 0 unspecified atom stereocenters. The summed E-state index contributed by atoms with van der Waals surface area (Å²) in [6.07, 6.45) is 3.84. The van der Waals surface area contributed by atoms with Crippen molar-refractivity contribution in [2.75, 3.05) is 19.4 Å². The maximum Gasteiger partial charge on any atom is 0.226 e. The Morgan fingerprint density at radius 1 is 1.04 bits per heavy atom. The third kappa shape index (κ3) is 4.42. The molecule has 1 aromatic carbocycles. The van der Waals surface area contributed by atoms with Crippen molar-refractivity contribution >= 4 is 17.4 Å². The standard InChI is InChI=1S/C20H21N5O/c1-14-12-18(24-20(22-14)16-8-10-21-11-9-16)23-17-6-4-15(5-7-17)13-19(26)25(2)3/h4-12H,13H2,1-3H3,(H,22,23,24). The Morgan fingerprint density at radius 2 is 1.73 bits per heavy atom. The lowest BCUT2D eigenvalue weighted by atomic mass is 10.1. The summed E-state index contributed by atoms with van der Waals surface area (Å²) in [6.45, 7) is 1.94. The van der Waals surface area contributed by atoms with Gasteiger partial charge in [-0.1, -0.05) is 12.1 Å². The molecule has 6 nitrogen and oxygen atoms in total. The van der Waals surface area contributed by atoms with Crippen LogP contribution in [0.1, 0.15) is 11.3 Å². The first-order valence-electron chi connectivity index (χ1n) is 8.33. The van der Waals surface area contributed by atoms with Gasteiger partial charge in [0.2, 0.25) is 5.91 Å². The highest BCUT2D eigenvalue weighted by molar-refractivity contribution is 5.78. The van der Waals surface area contributed by atoms with Crippen LogP contribution in [0.4, 0.5) is 11.5 Å². The summed E-state index contributed by atoms with van der Waals surface area (Å²) < 4.78 is 0. The Morgan fingerprint density at radius 3 is 2.38 bits per heavy atom. The molecule has 0 atom stereocenters. The number of nitrogens with zero attached hydrogens (tertiary/aromatic N) is 4. The monoisotopic (exact) mass is 347 g/mol. The molecular weight excluding hydrogens is 326 g/mol. The van der Waals surface area contributed by atoms with Crippen molar-refractivity contribution in [3.8, 4) is 11.4 Å². The molecular formula is C20H21N5O. The number of rotatable bonds is 5. The van der Waals surface area contributed by atoms with Crippen molar-refractivity contribution < 1.29 is 4.79 Å². The first-order valence-corrected chi connectivity index (χ1v) is 8.33. The van der Waals surface area contributed by atoms with Crippen LogP contribution < -0.4 is 5.32 Å². The summed E-state index contributed by atoms with van der Waals surface area (Å²) in [5.41, 5.74) is 3.68. The number of pyridine rings is 1. The van der Waals surface area contributed by atoms with Gasteiger partial charge in [-0.05, 0) is 36.8 Å². The van der Waals surface area contributed by atoms with E-state index in [-0.39, 0.29) is 5.91 Å². The maximum atomic E-state index is 11.8. The highest BCUT2D eigenvalue weighted by Crippen LogP contribution is 2.20. The van der Waals surface area contributed by atoms with Gasteiger partial charge in [0.15, 0.2) is 5.82 Å². The molecule has 0 saturated carbocycles. The number of amides is 1. The number of hydrogen-bond acceptors (Lipinski definition) is 5. The fraction of sp³-hybridized carbons (Fsp3) is 0.200. The molecule has 2 aromatic heterocycles. The van der Waals surface area contributed by atoms with E-state index in [1.165, 1.54) is 0 Å². The van der Waals surface area contributed by atoms with E-state index in [2.05, 4.69) is 20.3 Å². The predicted molar refractivity (Wildman–Crippen MR) is 102 cm³/mol. The highest BCUT2D eigenvalue weighted by Gasteiger charge is 2.07. The first kappa shape index (κ1) is 17.5. The van der Waals surface area contributed by atoms with Gasteiger partial charge < -0.3 is 10.2 Å². The van der Waals surface area contributed by atoms with E-state index >= 15 is 0 Å². The molecule has 6 heteroatoms. The van der Waals surface area contributed by atoms with Crippen LogP contribution in [-0.2, 0) is 11.2 Å². The van der Waals surface area contributed by atoms with E-state index in [1.807, 2.05) is 49.4 Å². The minimum atomic E-state index is 0.0825. The molecule has 0 aliphatic heterocycles. The summed E-state index contributed by atoms with van der Waals surface area (Å²) >= 11 is 0. The van der Waals surface area contributed by atoms with Crippen LogP contribution in [0.25, 0.3) is 11.4 Å². The number of likely N-dealkylation sites (N-methyl/N-ethyl adjacent to an activating group) is 1. The number of carbonyl (C=O) groups excluding carboxylic acids is 1. The largest absolute Gasteiger partial charge is 0.349 e. The van der Waals surface area contributed by atoms with Gasteiger partial charge in [0.25, 0.3) is 0 Å². The summed E-state index contributed by atoms with van der Waals surface area (Å²) in [5, 5.41) is 3.30. The van der Waals surface area contributed by atoms with Gasteiger partial charge >= 0.3 is 0 Å². The number of hydrogen-bond donors (Lipinski definition) is 1.